The van der Waals surface area contributed by atoms with E-state index in [-0.39, 0.29) is 24.3 Å². The van der Waals surface area contributed by atoms with Gasteiger partial charge in [-0.15, -0.1) is 0 Å². The highest BCUT2D eigenvalue weighted by Gasteiger charge is 2.36. The summed E-state index contributed by atoms with van der Waals surface area (Å²) in [6.45, 7) is 0.218. The number of hydrogen-bond donors (Lipinski definition) is 1. The molecule has 5 nitrogen and oxygen atoms in total. The summed E-state index contributed by atoms with van der Waals surface area (Å²) in [5.41, 5.74) is 1.18. The minimum absolute atomic E-state index is 0.218. The number of methoxy groups -OCH3 is 2. The molecule has 2 aromatic rings. The summed E-state index contributed by atoms with van der Waals surface area (Å²) >= 11 is 0. The normalized spacial score (nSPS) is 19.8. The number of aliphatic hydroxyl groups is 1. The molecular weight excluding hydrogens is 325 g/mol. The number of aliphatic hydroxyl groups excluding tert-OH is 1. The van der Waals surface area contributed by atoms with Crippen LogP contribution in [0.1, 0.15) is 28.4 Å². The third kappa shape index (κ3) is 3.44. The molecule has 0 saturated carbocycles. The first-order chi connectivity index (χ1) is 12.0. The van der Waals surface area contributed by atoms with Crippen LogP contribution in [0.25, 0.3) is 0 Å². The van der Waals surface area contributed by atoms with Crippen LogP contribution < -0.4 is 9.47 Å². The van der Waals surface area contributed by atoms with Gasteiger partial charge < -0.3 is 19.5 Å². The molecule has 0 unspecified atom stereocenters. The molecule has 1 aliphatic heterocycles. The predicted octanol–water partition coefficient (Wildman–Crippen LogP) is 2.79. The number of ether oxygens (including phenoxy) is 2. The highest BCUT2D eigenvalue weighted by Crippen LogP contribution is 2.35. The first-order valence-corrected chi connectivity index (χ1v) is 8.00. The summed E-state index contributed by atoms with van der Waals surface area (Å²) in [5.74, 6) is 0.413. The molecule has 6 heteroatoms. The van der Waals surface area contributed by atoms with Crippen molar-refractivity contribution in [1.29, 1.82) is 0 Å². The predicted molar refractivity (Wildman–Crippen MR) is 90.3 cm³/mol. The van der Waals surface area contributed by atoms with Gasteiger partial charge in [0.2, 0.25) is 0 Å². The minimum Gasteiger partial charge on any atom is -0.497 e. The maximum Gasteiger partial charge on any atom is 0.258 e. The smallest absolute Gasteiger partial charge is 0.258 e. The number of halogens is 1. The van der Waals surface area contributed by atoms with E-state index < -0.39 is 6.10 Å². The number of β-amino-alcohol motifs (C(OH)–C–C–N with tert-alkyl or cyclic N) is 1. The highest BCUT2D eigenvalue weighted by atomic mass is 19.1. The van der Waals surface area contributed by atoms with Crippen molar-refractivity contribution < 1.29 is 23.8 Å². The Kier molecular flexibility index (Phi) is 4.90. The van der Waals surface area contributed by atoms with E-state index in [4.69, 9.17) is 9.47 Å². The van der Waals surface area contributed by atoms with Crippen LogP contribution in [0.2, 0.25) is 0 Å². The van der Waals surface area contributed by atoms with Crippen molar-refractivity contribution in [2.45, 2.75) is 18.6 Å². The molecule has 0 aromatic heterocycles. The van der Waals surface area contributed by atoms with Crippen molar-refractivity contribution in [3.63, 3.8) is 0 Å². The summed E-state index contributed by atoms with van der Waals surface area (Å²) in [4.78, 5) is 14.6. The minimum atomic E-state index is -0.622. The monoisotopic (exact) mass is 345 g/mol. The van der Waals surface area contributed by atoms with E-state index in [1.54, 1.807) is 35.2 Å². The number of carbonyl (C=O) groups excluding carboxylic acids is 1. The van der Waals surface area contributed by atoms with Crippen molar-refractivity contribution in [2.24, 2.45) is 0 Å². The van der Waals surface area contributed by atoms with Crippen molar-refractivity contribution in [2.75, 3.05) is 20.8 Å². The van der Waals surface area contributed by atoms with Gasteiger partial charge in [0.1, 0.15) is 17.3 Å². The van der Waals surface area contributed by atoms with Crippen LogP contribution >= 0.6 is 0 Å². The van der Waals surface area contributed by atoms with Crippen LogP contribution in [0.15, 0.2) is 42.5 Å². The Bertz CT molecular complexity index is 763. The Morgan fingerprint density at radius 2 is 1.88 bits per heavy atom. The second-order valence-corrected chi connectivity index (χ2v) is 5.98. The molecule has 1 heterocycles. The molecule has 0 radical (unpaired) electrons. The first-order valence-electron chi connectivity index (χ1n) is 8.00. The lowest BCUT2D eigenvalue weighted by Crippen LogP contribution is -2.32. The number of nitrogens with zero attached hydrogens (tertiary/aromatic N) is 1. The lowest BCUT2D eigenvalue weighted by molar-refractivity contribution is 0.0712. The Hall–Kier alpha value is -2.60. The average Bonchev–Trinajstić information content (AvgIpc) is 3.02. The van der Waals surface area contributed by atoms with E-state index in [0.717, 1.165) is 5.56 Å². The number of likely N-dealkylation sites (tertiary alicyclic amines) is 1. The van der Waals surface area contributed by atoms with E-state index in [1.807, 2.05) is 0 Å². The molecular formula is C19H20FNO4. The van der Waals surface area contributed by atoms with Crippen LogP contribution in [0, 0.1) is 5.82 Å². The third-order valence-corrected chi connectivity index (χ3v) is 4.43. The van der Waals surface area contributed by atoms with Gasteiger partial charge in [0.25, 0.3) is 5.91 Å². The van der Waals surface area contributed by atoms with Crippen molar-refractivity contribution in [1.82, 2.24) is 4.90 Å². The topological polar surface area (TPSA) is 59.0 Å². The van der Waals surface area contributed by atoms with Crippen LogP contribution in [0.4, 0.5) is 4.39 Å². The van der Waals surface area contributed by atoms with Crippen LogP contribution in [-0.4, -0.2) is 42.8 Å². The molecule has 3 rings (SSSR count). The summed E-state index contributed by atoms with van der Waals surface area (Å²) in [6.07, 6.45) is -0.209. The number of amides is 1. The molecule has 2 aromatic carbocycles. The Morgan fingerprint density at radius 1 is 1.16 bits per heavy atom. The molecule has 1 N–H and O–H groups in total. The molecule has 2 atom stereocenters. The van der Waals surface area contributed by atoms with E-state index >= 15 is 0 Å². The van der Waals surface area contributed by atoms with Crippen LogP contribution in [0.5, 0.6) is 11.5 Å². The molecule has 1 fully saturated rings. The number of rotatable bonds is 4. The van der Waals surface area contributed by atoms with E-state index in [9.17, 15) is 14.3 Å². The first kappa shape index (κ1) is 17.2. The molecule has 0 aliphatic carbocycles. The number of benzene rings is 2. The standard InChI is InChI=1S/C19H20FNO4/c1-24-15-7-8-16(18(10-15)25-2)19(23)21-11-14(22)9-17(21)12-3-5-13(20)6-4-12/h3-8,10,14,17,22H,9,11H2,1-2H3/t14-,17+/m0/s1. The largest absolute Gasteiger partial charge is 0.497 e. The molecule has 1 amide bonds. The maximum absolute atomic E-state index is 13.2. The second kappa shape index (κ2) is 7.11. The van der Waals surface area contributed by atoms with Crippen molar-refractivity contribution in [3.05, 3.63) is 59.4 Å². The zero-order valence-electron chi connectivity index (χ0n) is 14.1. The summed E-state index contributed by atoms with van der Waals surface area (Å²) in [6, 6.07) is 10.7. The van der Waals surface area contributed by atoms with Crippen molar-refractivity contribution in [3.8, 4) is 11.5 Å². The van der Waals surface area contributed by atoms with Gasteiger partial charge in [0, 0.05) is 12.6 Å². The van der Waals surface area contributed by atoms with Crippen LogP contribution in [0.3, 0.4) is 0 Å². The fourth-order valence-electron chi connectivity index (χ4n) is 3.17. The van der Waals surface area contributed by atoms with Gasteiger partial charge >= 0.3 is 0 Å². The second-order valence-electron chi connectivity index (χ2n) is 5.98. The molecule has 1 aliphatic rings. The Labute approximate surface area is 145 Å². The van der Waals surface area contributed by atoms with E-state index in [1.165, 1.54) is 26.4 Å². The van der Waals surface area contributed by atoms with Gasteiger partial charge in [-0.05, 0) is 36.2 Å². The summed E-state index contributed by atoms with van der Waals surface area (Å²) in [7, 11) is 3.03. The SMILES string of the molecule is COc1ccc(C(=O)N2C[C@@H](O)C[C@@H]2c2ccc(F)cc2)c(OC)c1. The molecule has 0 bridgehead atoms. The average molecular weight is 345 g/mol. The molecule has 1 saturated heterocycles. The van der Waals surface area contributed by atoms with Gasteiger partial charge in [-0.25, -0.2) is 4.39 Å². The quantitative estimate of drug-likeness (QED) is 0.926. The maximum atomic E-state index is 13.2. The number of carbonyl (C=O) groups is 1. The summed E-state index contributed by atoms with van der Waals surface area (Å²) < 4.78 is 23.7. The van der Waals surface area contributed by atoms with Gasteiger partial charge in [-0.1, -0.05) is 12.1 Å². The fraction of sp³-hybridized carbons (Fsp3) is 0.316. The Balaban J connectivity index is 1.93. The Morgan fingerprint density at radius 3 is 2.52 bits per heavy atom. The molecule has 0 spiro atoms. The fourth-order valence-corrected chi connectivity index (χ4v) is 3.17. The molecule has 132 valence electrons. The van der Waals surface area contributed by atoms with Crippen molar-refractivity contribution >= 4 is 5.91 Å². The third-order valence-electron chi connectivity index (χ3n) is 4.43. The van der Waals surface area contributed by atoms with E-state index in [2.05, 4.69) is 0 Å². The number of hydrogen-bond acceptors (Lipinski definition) is 4. The lowest BCUT2D eigenvalue weighted by atomic mass is 10.0. The lowest BCUT2D eigenvalue weighted by Gasteiger charge is -2.25. The zero-order valence-corrected chi connectivity index (χ0v) is 14.1. The van der Waals surface area contributed by atoms with Gasteiger partial charge in [0.05, 0.1) is 31.9 Å². The van der Waals surface area contributed by atoms with Crippen LogP contribution in [-0.2, 0) is 0 Å². The van der Waals surface area contributed by atoms with Gasteiger partial charge in [-0.2, -0.15) is 0 Å². The highest BCUT2D eigenvalue weighted by molar-refractivity contribution is 5.97. The van der Waals surface area contributed by atoms with Gasteiger partial charge in [0.15, 0.2) is 0 Å². The van der Waals surface area contributed by atoms with E-state index in [0.29, 0.717) is 23.5 Å². The van der Waals surface area contributed by atoms with Gasteiger partial charge in [-0.3, -0.25) is 4.79 Å². The summed E-state index contributed by atoms with van der Waals surface area (Å²) in [5, 5.41) is 10.1. The zero-order chi connectivity index (χ0) is 18.0. The molecule has 25 heavy (non-hydrogen) atoms.